The molecule has 145 valence electrons. The molecule has 0 radical (unpaired) electrons. The molecule has 2 atom stereocenters. The van der Waals surface area contributed by atoms with Gasteiger partial charge < -0.3 is 40.6 Å². The maximum Gasteiger partial charge on any atom is 0.411 e. The van der Waals surface area contributed by atoms with Gasteiger partial charge in [0.05, 0.1) is 0 Å². The molecule has 25 heavy (non-hydrogen) atoms. The van der Waals surface area contributed by atoms with Crippen molar-refractivity contribution < 1.29 is 79.6 Å². The zero-order valence-corrected chi connectivity index (χ0v) is 14.5. The van der Waals surface area contributed by atoms with Crippen molar-refractivity contribution in [1.29, 1.82) is 0 Å². The smallest absolute Gasteiger partial charge is 0.411 e. The largest absolute Gasteiger partial charge is 0.661 e. The van der Waals surface area contributed by atoms with Gasteiger partial charge in [0.1, 0.15) is 0 Å². The monoisotopic (exact) mass is 548 g/mol. The average Bonchev–Trinajstić information content (AvgIpc) is 2.62. The molecule has 1 aliphatic carbocycles. The molecule has 0 bridgehead atoms. The van der Waals surface area contributed by atoms with Crippen molar-refractivity contribution in [1.82, 2.24) is 0 Å². The summed E-state index contributed by atoms with van der Waals surface area (Å²) >= 11 is 2.25. The summed E-state index contributed by atoms with van der Waals surface area (Å²) in [6.45, 7) is 0. The van der Waals surface area contributed by atoms with E-state index in [0.29, 0.717) is 0 Å². The Morgan fingerprint density at radius 3 is 1.32 bits per heavy atom. The van der Waals surface area contributed by atoms with E-state index in [0.717, 1.165) is 12.8 Å². The van der Waals surface area contributed by atoms with Gasteiger partial charge in [-0.15, -0.1) is 0 Å². The summed E-state index contributed by atoms with van der Waals surface area (Å²) in [7, 11) is 0. The van der Waals surface area contributed by atoms with Crippen LogP contribution in [0.5, 0.6) is 0 Å². The molecule has 0 amide bonds. The molecule has 1 aliphatic rings. The van der Waals surface area contributed by atoms with Gasteiger partial charge in [0, 0.05) is 0 Å². The molecule has 1 saturated carbocycles. The molecule has 0 heterocycles. The average molecular weight is 548 g/mol. The van der Waals surface area contributed by atoms with Crippen molar-refractivity contribution in [2.45, 2.75) is 35.7 Å². The van der Waals surface area contributed by atoms with Crippen LogP contribution in [0.1, 0.15) is 25.7 Å². The van der Waals surface area contributed by atoms with Gasteiger partial charge in [-0.05, 0) is 0 Å². The van der Waals surface area contributed by atoms with Crippen LogP contribution in [-0.4, -0.2) is 33.8 Å². The summed E-state index contributed by atoms with van der Waals surface area (Å²) < 4.78 is -0.113. The molecular formula is C10H13N2O12Pt. The van der Waals surface area contributed by atoms with Crippen LogP contribution in [-0.2, 0) is 58.5 Å². The number of nitrogens with two attached hydrogens (primary N) is 2. The van der Waals surface area contributed by atoms with E-state index in [9.17, 15) is 19.2 Å². The molecule has 0 saturated heterocycles. The topological polar surface area (TPSA) is 249 Å². The van der Waals surface area contributed by atoms with Crippen LogP contribution in [0.2, 0.25) is 0 Å². The molecule has 15 heteroatoms. The number of rotatable bonds is 0. The Kier molecular flexibility index (Phi) is 13.9. The van der Waals surface area contributed by atoms with Gasteiger partial charge in [0.25, 0.3) is 0 Å². The quantitative estimate of drug-likeness (QED) is 0.162. The second kappa shape index (κ2) is 13.6. The Balaban J connectivity index is 0. The maximum absolute atomic E-state index is 9.53. The van der Waals surface area contributed by atoms with Crippen LogP contribution < -0.4 is 32.5 Å². The third-order valence-electron chi connectivity index (χ3n) is 2.54. The number of carbonyl (C=O) groups excluding carboxylic acids is 4. The minimum atomic E-state index is -1.85. The van der Waals surface area contributed by atoms with Gasteiger partial charge in [-0.3, -0.25) is 0 Å². The second-order valence-electron chi connectivity index (χ2n) is 4.20. The molecule has 1 rings (SSSR count). The van der Waals surface area contributed by atoms with E-state index in [-0.39, 0.29) is 9.97 Å². The number of hydrogen-bond acceptors (Lipinski definition) is 14. The molecule has 0 aromatic rings. The Bertz CT molecular complexity index is 401. The van der Waals surface area contributed by atoms with E-state index in [1.54, 1.807) is 0 Å². The van der Waals surface area contributed by atoms with Crippen LogP contribution >= 0.6 is 0 Å². The predicted molar refractivity (Wildman–Crippen MR) is 57.7 cm³/mol. The number of carbonyl (C=O) groups is 4. The van der Waals surface area contributed by atoms with Crippen LogP contribution in [0.3, 0.4) is 0 Å². The first-order chi connectivity index (χ1) is 11.6. The van der Waals surface area contributed by atoms with E-state index < -0.39 is 23.9 Å². The molecule has 1 fully saturated rings. The molecule has 0 unspecified atom stereocenters. The van der Waals surface area contributed by atoms with Crippen molar-refractivity contribution in [2.75, 3.05) is 0 Å². The minimum Gasteiger partial charge on any atom is -0.661 e. The standard InChI is InChI=1S/C6H13N2.2C2H2O6.Pt/c7-5-3-1-2-4-6(5)8;2*3-1(7-5)2(4)8-6;/h5H,1-4,7-8H2;2*5-6H;/q;;;+4/p-4/t5-;;;/m1.../s1. The van der Waals surface area contributed by atoms with Gasteiger partial charge in [-0.1, -0.05) is 0 Å². The van der Waals surface area contributed by atoms with Crippen molar-refractivity contribution in [3.8, 4) is 0 Å². The summed E-state index contributed by atoms with van der Waals surface area (Å²) in [6, 6.07) is 0.216. The fraction of sp³-hybridized carbons (Fsp3) is 0.600. The Morgan fingerprint density at radius 2 is 1.16 bits per heavy atom. The predicted octanol–water partition coefficient (Wildman–Crippen LogP) is -6.66. The van der Waals surface area contributed by atoms with Crippen LogP contribution in [0.25, 0.3) is 0 Å². The van der Waals surface area contributed by atoms with E-state index in [1.807, 2.05) is 0 Å². The van der Waals surface area contributed by atoms with E-state index in [4.69, 9.17) is 32.5 Å². The van der Waals surface area contributed by atoms with Gasteiger partial charge in [0.2, 0.25) is 0 Å². The molecule has 0 spiro atoms. The van der Waals surface area contributed by atoms with E-state index >= 15 is 0 Å². The van der Waals surface area contributed by atoms with E-state index in [1.165, 1.54) is 12.8 Å². The van der Waals surface area contributed by atoms with Gasteiger partial charge in [0.15, 0.2) is 0 Å². The Labute approximate surface area is 151 Å². The first-order valence-electron chi connectivity index (χ1n) is 6.13. The Hall–Kier alpha value is -1.67. The molecule has 4 N–H and O–H groups in total. The minimum absolute atomic E-state index is 0.113. The fourth-order valence-corrected chi connectivity index (χ4v) is 2.03. The zero-order valence-electron chi connectivity index (χ0n) is 12.3. The molecular weight excluding hydrogens is 535 g/mol. The van der Waals surface area contributed by atoms with Gasteiger partial charge >= 0.3 is 90.8 Å². The van der Waals surface area contributed by atoms with Crippen LogP contribution in [0, 0.1) is 0 Å². The van der Waals surface area contributed by atoms with Crippen molar-refractivity contribution in [2.24, 2.45) is 11.5 Å². The molecule has 0 aliphatic heterocycles. The summed E-state index contributed by atoms with van der Waals surface area (Å²) in [5.74, 6) is -7.39. The molecule has 14 nitrogen and oxygen atoms in total. The third kappa shape index (κ3) is 11.5. The van der Waals surface area contributed by atoms with Crippen LogP contribution in [0.4, 0.5) is 0 Å². The first kappa shape index (κ1) is 25.6. The van der Waals surface area contributed by atoms with Crippen molar-refractivity contribution in [3.05, 3.63) is 0 Å². The van der Waals surface area contributed by atoms with E-state index in [2.05, 4.69) is 39.4 Å². The molecule has 0 aromatic heterocycles. The maximum atomic E-state index is 9.53. The van der Waals surface area contributed by atoms with Crippen molar-refractivity contribution in [3.63, 3.8) is 0 Å². The third-order valence-corrected chi connectivity index (χ3v) is 3.95. The summed E-state index contributed by atoms with van der Waals surface area (Å²) in [5, 5.41) is 35.8. The van der Waals surface area contributed by atoms with Crippen molar-refractivity contribution >= 4 is 23.9 Å². The summed E-state index contributed by atoms with van der Waals surface area (Å²) in [6.07, 6.45) is 4.67. The Morgan fingerprint density at radius 1 is 0.840 bits per heavy atom. The second-order valence-corrected chi connectivity index (χ2v) is 6.32. The van der Waals surface area contributed by atoms with Gasteiger partial charge in [-0.2, -0.15) is 0 Å². The molecule has 0 aromatic carbocycles. The normalized spacial score (nSPS) is 21.1. The SMILES string of the molecule is N[C@@H]1CCCC[C@]1(N)[Pt+4].O=C(O[O-])C(=O)O[O-].O=C(O[O-])C(=O)O[O-]. The fourth-order valence-electron chi connectivity index (χ4n) is 1.30. The zero-order chi connectivity index (χ0) is 20.0. The summed E-state index contributed by atoms with van der Waals surface area (Å²) in [5.41, 5.74) is 11.7. The summed E-state index contributed by atoms with van der Waals surface area (Å²) in [4.78, 5) is 48.3. The first-order valence-corrected chi connectivity index (χ1v) is 7.27. The number of hydrogen-bond donors (Lipinski definition) is 2. The van der Waals surface area contributed by atoms with Gasteiger partial charge in [-0.25, -0.2) is 19.2 Å². The van der Waals surface area contributed by atoms with Crippen LogP contribution in [0.15, 0.2) is 0 Å².